The maximum atomic E-state index is 14.1. The molecule has 1 saturated heterocycles. The maximum absolute atomic E-state index is 14.1. The first-order chi connectivity index (χ1) is 9.47. The van der Waals surface area contributed by atoms with Crippen molar-refractivity contribution in [1.82, 2.24) is 5.32 Å². The highest BCUT2D eigenvalue weighted by Crippen LogP contribution is 2.26. The molecule has 1 aliphatic heterocycles. The van der Waals surface area contributed by atoms with E-state index in [1.165, 1.54) is 13.0 Å². The molecule has 1 heterocycles. The normalized spacial score (nSPS) is 17.9. The lowest BCUT2D eigenvalue weighted by atomic mass is 10.0. The zero-order valence-corrected chi connectivity index (χ0v) is 11.9. The van der Waals surface area contributed by atoms with Crippen LogP contribution >= 0.6 is 0 Å². The van der Waals surface area contributed by atoms with Crippen molar-refractivity contribution < 1.29 is 14.3 Å². The Morgan fingerprint density at radius 3 is 2.60 bits per heavy atom. The Labute approximate surface area is 118 Å². The predicted molar refractivity (Wildman–Crippen MR) is 76.1 cm³/mol. The SMILES string of the molecule is CC(=O)NC1CCN(c2ccc(C(C)O)cc2F)CC1. The summed E-state index contributed by atoms with van der Waals surface area (Å²) in [5.74, 6) is -0.322. The summed E-state index contributed by atoms with van der Waals surface area (Å²) in [6, 6.07) is 5.04. The van der Waals surface area contributed by atoms with Gasteiger partial charge < -0.3 is 15.3 Å². The third-order valence-corrected chi connectivity index (χ3v) is 3.70. The van der Waals surface area contributed by atoms with Gasteiger partial charge in [-0.05, 0) is 37.5 Å². The molecule has 1 unspecified atom stereocenters. The molecule has 1 aromatic carbocycles. The van der Waals surface area contributed by atoms with E-state index in [1.807, 2.05) is 4.90 Å². The number of nitrogens with one attached hydrogen (secondary N) is 1. The first-order valence-electron chi connectivity index (χ1n) is 6.97. The molecule has 4 nitrogen and oxygen atoms in total. The minimum atomic E-state index is -0.663. The summed E-state index contributed by atoms with van der Waals surface area (Å²) in [5.41, 5.74) is 1.15. The molecule has 1 atom stereocenters. The Morgan fingerprint density at radius 2 is 2.10 bits per heavy atom. The topological polar surface area (TPSA) is 52.6 Å². The lowest BCUT2D eigenvalue weighted by Gasteiger charge is -2.34. The second-order valence-electron chi connectivity index (χ2n) is 5.35. The molecule has 2 N–H and O–H groups in total. The fraction of sp³-hybridized carbons (Fsp3) is 0.533. The summed E-state index contributed by atoms with van der Waals surface area (Å²) in [4.78, 5) is 13.0. The standard InChI is InChI=1S/C15H21FN2O2/c1-10(19)12-3-4-15(14(16)9-12)18-7-5-13(6-8-18)17-11(2)20/h3-4,9-10,13,19H,5-8H2,1-2H3,(H,17,20). The molecule has 1 amide bonds. The average molecular weight is 280 g/mol. The van der Waals surface area contributed by atoms with Crippen molar-refractivity contribution in [3.8, 4) is 0 Å². The number of aliphatic hydroxyl groups is 1. The average Bonchev–Trinajstić information content (AvgIpc) is 2.39. The van der Waals surface area contributed by atoms with Crippen LogP contribution in [0.3, 0.4) is 0 Å². The highest BCUT2D eigenvalue weighted by atomic mass is 19.1. The number of nitrogens with zero attached hydrogens (tertiary/aromatic N) is 1. The van der Waals surface area contributed by atoms with Gasteiger partial charge in [0.2, 0.25) is 5.91 Å². The van der Waals surface area contributed by atoms with Crippen molar-refractivity contribution in [1.29, 1.82) is 0 Å². The van der Waals surface area contributed by atoms with Gasteiger partial charge in [-0.1, -0.05) is 6.07 Å². The highest BCUT2D eigenvalue weighted by molar-refractivity contribution is 5.73. The van der Waals surface area contributed by atoms with Gasteiger partial charge in [0, 0.05) is 26.1 Å². The molecule has 0 aliphatic carbocycles. The Morgan fingerprint density at radius 1 is 1.45 bits per heavy atom. The molecule has 0 spiro atoms. The Kier molecular flexibility index (Phi) is 4.60. The summed E-state index contributed by atoms with van der Waals surface area (Å²) in [6.07, 6.45) is 0.970. The molecule has 20 heavy (non-hydrogen) atoms. The first kappa shape index (κ1) is 14.8. The van der Waals surface area contributed by atoms with Crippen LogP contribution in [-0.2, 0) is 4.79 Å². The van der Waals surface area contributed by atoms with Crippen LogP contribution in [-0.4, -0.2) is 30.1 Å². The molecular formula is C15H21FN2O2. The van der Waals surface area contributed by atoms with Crippen molar-refractivity contribution in [2.45, 2.75) is 38.8 Å². The molecule has 0 aromatic heterocycles. The van der Waals surface area contributed by atoms with Gasteiger partial charge in [0.15, 0.2) is 0 Å². The van der Waals surface area contributed by atoms with E-state index in [1.54, 1.807) is 19.1 Å². The van der Waals surface area contributed by atoms with Crippen LogP contribution in [0.25, 0.3) is 0 Å². The number of piperidine rings is 1. The molecule has 0 bridgehead atoms. The number of carbonyl (C=O) groups excluding carboxylic acids is 1. The van der Waals surface area contributed by atoms with Crippen LogP contribution in [0.5, 0.6) is 0 Å². The van der Waals surface area contributed by atoms with E-state index in [0.29, 0.717) is 11.3 Å². The van der Waals surface area contributed by atoms with Gasteiger partial charge >= 0.3 is 0 Å². The van der Waals surface area contributed by atoms with Crippen molar-refractivity contribution in [3.63, 3.8) is 0 Å². The molecule has 110 valence electrons. The van der Waals surface area contributed by atoms with E-state index >= 15 is 0 Å². The number of benzene rings is 1. The summed E-state index contributed by atoms with van der Waals surface area (Å²) >= 11 is 0. The lowest BCUT2D eigenvalue weighted by molar-refractivity contribution is -0.119. The molecule has 5 heteroatoms. The van der Waals surface area contributed by atoms with E-state index in [-0.39, 0.29) is 17.8 Å². The van der Waals surface area contributed by atoms with Crippen LogP contribution < -0.4 is 10.2 Å². The summed E-state index contributed by atoms with van der Waals surface area (Å²) < 4.78 is 14.1. The molecule has 0 saturated carbocycles. The number of hydrogen-bond donors (Lipinski definition) is 2. The number of amides is 1. The Balaban J connectivity index is 2.02. The minimum Gasteiger partial charge on any atom is -0.389 e. The van der Waals surface area contributed by atoms with Crippen LogP contribution in [0.1, 0.15) is 38.4 Å². The number of hydrogen-bond acceptors (Lipinski definition) is 3. The zero-order valence-electron chi connectivity index (χ0n) is 11.9. The lowest BCUT2D eigenvalue weighted by Crippen LogP contribution is -2.44. The highest BCUT2D eigenvalue weighted by Gasteiger charge is 2.22. The quantitative estimate of drug-likeness (QED) is 0.890. The van der Waals surface area contributed by atoms with E-state index in [0.717, 1.165) is 25.9 Å². The van der Waals surface area contributed by atoms with Gasteiger partial charge in [-0.2, -0.15) is 0 Å². The van der Waals surface area contributed by atoms with Crippen LogP contribution in [0.15, 0.2) is 18.2 Å². The zero-order chi connectivity index (χ0) is 14.7. The van der Waals surface area contributed by atoms with Gasteiger partial charge in [0.1, 0.15) is 5.82 Å². The molecular weight excluding hydrogens is 259 g/mol. The number of rotatable bonds is 3. The van der Waals surface area contributed by atoms with Gasteiger partial charge in [-0.25, -0.2) is 4.39 Å². The second-order valence-corrected chi connectivity index (χ2v) is 5.35. The van der Waals surface area contributed by atoms with Crippen molar-refractivity contribution >= 4 is 11.6 Å². The van der Waals surface area contributed by atoms with Crippen molar-refractivity contribution in [2.24, 2.45) is 0 Å². The van der Waals surface area contributed by atoms with Gasteiger partial charge in [0.25, 0.3) is 0 Å². The number of halogens is 1. The molecule has 2 rings (SSSR count). The first-order valence-corrected chi connectivity index (χ1v) is 6.97. The predicted octanol–water partition coefficient (Wildman–Crippen LogP) is 1.98. The van der Waals surface area contributed by atoms with E-state index in [9.17, 15) is 14.3 Å². The van der Waals surface area contributed by atoms with Crippen molar-refractivity contribution in [3.05, 3.63) is 29.6 Å². The summed E-state index contributed by atoms with van der Waals surface area (Å²) in [7, 11) is 0. The van der Waals surface area contributed by atoms with E-state index in [4.69, 9.17) is 0 Å². The maximum Gasteiger partial charge on any atom is 0.217 e. The molecule has 1 aromatic rings. The van der Waals surface area contributed by atoms with E-state index < -0.39 is 6.10 Å². The second kappa shape index (κ2) is 6.22. The number of carbonyl (C=O) groups is 1. The monoisotopic (exact) mass is 280 g/mol. The molecule has 1 fully saturated rings. The van der Waals surface area contributed by atoms with Crippen molar-refractivity contribution in [2.75, 3.05) is 18.0 Å². The van der Waals surface area contributed by atoms with Crippen LogP contribution in [0, 0.1) is 5.82 Å². The largest absolute Gasteiger partial charge is 0.389 e. The van der Waals surface area contributed by atoms with Crippen LogP contribution in [0.2, 0.25) is 0 Å². The number of anilines is 1. The fourth-order valence-corrected chi connectivity index (χ4v) is 2.59. The minimum absolute atomic E-state index is 0.0177. The Hall–Kier alpha value is -1.62. The van der Waals surface area contributed by atoms with Gasteiger partial charge in [0.05, 0.1) is 11.8 Å². The smallest absolute Gasteiger partial charge is 0.217 e. The third-order valence-electron chi connectivity index (χ3n) is 3.70. The summed E-state index contributed by atoms with van der Waals surface area (Å²) in [6.45, 7) is 4.57. The number of aliphatic hydroxyl groups excluding tert-OH is 1. The fourth-order valence-electron chi connectivity index (χ4n) is 2.59. The Bertz CT molecular complexity index is 483. The van der Waals surface area contributed by atoms with Crippen LogP contribution in [0.4, 0.5) is 10.1 Å². The summed E-state index contributed by atoms with van der Waals surface area (Å²) in [5, 5.41) is 12.3. The van der Waals surface area contributed by atoms with E-state index in [2.05, 4.69) is 5.32 Å². The van der Waals surface area contributed by atoms with Gasteiger partial charge in [-0.3, -0.25) is 4.79 Å². The van der Waals surface area contributed by atoms with Gasteiger partial charge in [-0.15, -0.1) is 0 Å². The third kappa shape index (κ3) is 3.48. The molecule has 0 radical (unpaired) electrons. The molecule has 1 aliphatic rings.